The van der Waals surface area contributed by atoms with Crippen LogP contribution in [-0.2, 0) is 18.4 Å². The highest BCUT2D eigenvalue weighted by molar-refractivity contribution is 5.94. The fourth-order valence-electron chi connectivity index (χ4n) is 3.60. The van der Waals surface area contributed by atoms with Gasteiger partial charge in [-0.25, -0.2) is 0 Å². The van der Waals surface area contributed by atoms with Crippen LogP contribution in [0.15, 0.2) is 54.7 Å². The summed E-state index contributed by atoms with van der Waals surface area (Å²) in [5.41, 5.74) is 3.20. The molecule has 0 spiro atoms. The molecule has 2 heterocycles. The Kier molecular flexibility index (Phi) is 5.12. The molecular formula is C22H25N3O2. The number of fused-ring (bicyclic) bond motifs is 1. The standard InChI is InChI=1S/C22H25N3O2/c1-24-13-10-18-14-19(6-9-21(18)24)23-22(26)16-27-20-7-4-17(5-8-20)15-25-11-2-3-12-25/h4-10,13-14H,2-3,11-12,15-16H2,1H3,(H,23,26). The molecule has 0 saturated carbocycles. The van der Waals surface area contributed by atoms with Crippen LogP contribution in [0, 0.1) is 0 Å². The summed E-state index contributed by atoms with van der Waals surface area (Å²) in [6, 6.07) is 16.0. The summed E-state index contributed by atoms with van der Waals surface area (Å²) in [6.07, 6.45) is 4.60. The van der Waals surface area contributed by atoms with Crippen LogP contribution in [0.4, 0.5) is 5.69 Å². The van der Waals surface area contributed by atoms with Gasteiger partial charge in [-0.15, -0.1) is 0 Å². The Morgan fingerprint density at radius 2 is 1.85 bits per heavy atom. The second kappa shape index (κ2) is 7.84. The first-order chi connectivity index (χ1) is 13.2. The fourth-order valence-corrected chi connectivity index (χ4v) is 3.60. The molecule has 0 radical (unpaired) electrons. The smallest absolute Gasteiger partial charge is 0.262 e. The number of carbonyl (C=O) groups is 1. The largest absolute Gasteiger partial charge is 0.484 e. The Labute approximate surface area is 159 Å². The number of rotatable bonds is 6. The molecule has 0 unspecified atom stereocenters. The Balaban J connectivity index is 1.29. The maximum Gasteiger partial charge on any atom is 0.262 e. The van der Waals surface area contributed by atoms with Crippen LogP contribution in [0.3, 0.4) is 0 Å². The van der Waals surface area contributed by atoms with Gasteiger partial charge in [-0.3, -0.25) is 9.69 Å². The number of hydrogen-bond donors (Lipinski definition) is 1. The van der Waals surface area contributed by atoms with Crippen molar-refractivity contribution in [2.75, 3.05) is 25.0 Å². The van der Waals surface area contributed by atoms with Gasteiger partial charge >= 0.3 is 0 Å². The van der Waals surface area contributed by atoms with Gasteiger partial charge in [0.05, 0.1) is 0 Å². The Morgan fingerprint density at radius 1 is 1.07 bits per heavy atom. The predicted molar refractivity (Wildman–Crippen MR) is 108 cm³/mol. The normalized spacial score (nSPS) is 14.6. The van der Waals surface area contributed by atoms with Crippen LogP contribution in [0.5, 0.6) is 5.75 Å². The van der Waals surface area contributed by atoms with Gasteiger partial charge in [-0.05, 0) is 67.9 Å². The predicted octanol–water partition coefficient (Wildman–Crippen LogP) is 3.79. The Bertz CT molecular complexity index is 924. The van der Waals surface area contributed by atoms with E-state index in [9.17, 15) is 4.79 Å². The quantitative estimate of drug-likeness (QED) is 0.725. The highest BCUT2D eigenvalue weighted by atomic mass is 16.5. The van der Waals surface area contributed by atoms with E-state index in [4.69, 9.17) is 4.74 Å². The van der Waals surface area contributed by atoms with Crippen molar-refractivity contribution in [3.8, 4) is 5.75 Å². The average Bonchev–Trinajstić information content (AvgIpc) is 3.31. The molecule has 0 bridgehead atoms. The highest BCUT2D eigenvalue weighted by Crippen LogP contribution is 2.20. The number of likely N-dealkylation sites (tertiary alicyclic amines) is 1. The third kappa shape index (κ3) is 4.31. The molecule has 1 N–H and O–H groups in total. The molecule has 1 aliphatic heterocycles. The molecule has 0 atom stereocenters. The number of anilines is 1. The van der Waals surface area contributed by atoms with Crippen molar-refractivity contribution >= 4 is 22.5 Å². The minimum absolute atomic E-state index is 0.00169. The van der Waals surface area contributed by atoms with E-state index in [0.717, 1.165) is 23.1 Å². The van der Waals surface area contributed by atoms with Gasteiger partial charge in [0.15, 0.2) is 6.61 Å². The van der Waals surface area contributed by atoms with E-state index >= 15 is 0 Å². The monoisotopic (exact) mass is 363 g/mol. The van der Waals surface area contributed by atoms with Gasteiger partial charge in [-0.1, -0.05) is 12.1 Å². The molecule has 1 aliphatic rings. The molecule has 1 aromatic heterocycles. The van der Waals surface area contributed by atoms with Gasteiger partial charge in [0, 0.05) is 36.4 Å². The van der Waals surface area contributed by atoms with E-state index in [2.05, 4.69) is 26.9 Å². The van der Waals surface area contributed by atoms with Crippen LogP contribution in [0.1, 0.15) is 18.4 Å². The Hall–Kier alpha value is -2.79. The molecule has 1 fully saturated rings. The maximum atomic E-state index is 12.2. The zero-order chi connectivity index (χ0) is 18.6. The minimum atomic E-state index is -0.161. The number of ether oxygens (including phenoxy) is 1. The molecule has 1 saturated heterocycles. The van der Waals surface area contributed by atoms with Crippen molar-refractivity contribution < 1.29 is 9.53 Å². The zero-order valence-corrected chi connectivity index (χ0v) is 15.6. The van der Waals surface area contributed by atoms with E-state index in [1.165, 1.54) is 31.5 Å². The van der Waals surface area contributed by atoms with E-state index in [0.29, 0.717) is 5.75 Å². The second-order valence-corrected chi connectivity index (χ2v) is 7.16. The highest BCUT2D eigenvalue weighted by Gasteiger charge is 2.11. The van der Waals surface area contributed by atoms with Crippen LogP contribution in [0.25, 0.3) is 10.9 Å². The van der Waals surface area contributed by atoms with E-state index in [1.54, 1.807) is 0 Å². The van der Waals surface area contributed by atoms with Crippen LogP contribution < -0.4 is 10.1 Å². The first-order valence-corrected chi connectivity index (χ1v) is 9.46. The zero-order valence-electron chi connectivity index (χ0n) is 15.6. The number of nitrogens with one attached hydrogen (secondary N) is 1. The summed E-state index contributed by atoms with van der Waals surface area (Å²) < 4.78 is 7.68. The molecule has 0 aliphatic carbocycles. The number of aryl methyl sites for hydroxylation is 1. The van der Waals surface area contributed by atoms with Gasteiger partial charge < -0.3 is 14.6 Å². The molecule has 27 heavy (non-hydrogen) atoms. The summed E-state index contributed by atoms with van der Waals surface area (Å²) in [5.74, 6) is 0.556. The fraction of sp³-hybridized carbons (Fsp3) is 0.318. The number of hydrogen-bond acceptors (Lipinski definition) is 3. The van der Waals surface area contributed by atoms with Crippen molar-refractivity contribution in [3.63, 3.8) is 0 Å². The molecule has 140 valence electrons. The number of amides is 1. The molecule has 3 aromatic rings. The average molecular weight is 363 g/mol. The van der Waals surface area contributed by atoms with E-state index in [-0.39, 0.29) is 12.5 Å². The Morgan fingerprint density at radius 3 is 2.63 bits per heavy atom. The number of nitrogens with zero attached hydrogens (tertiary/aromatic N) is 2. The van der Waals surface area contributed by atoms with Crippen LogP contribution >= 0.6 is 0 Å². The summed E-state index contributed by atoms with van der Waals surface area (Å²) >= 11 is 0. The van der Waals surface area contributed by atoms with Gasteiger partial charge in [0.1, 0.15) is 5.75 Å². The van der Waals surface area contributed by atoms with Crippen molar-refractivity contribution in [3.05, 3.63) is 60.3 Å². The summed E-state index contributed by atoms with van der Waals surface area (Å²) in [5, 5.41) is 4.00. The minimum Gasteiger partial charge on any atom is -0.484 e. The van der Waals surface area contributed by atoms with E-state index < -0.39 is 0 Å². The third-order valence-corrected chi connectivity index (χ3v) is 5.07. The molecular weight excluding hydrogens is 338 g/mol. The second-order valence-electron chi connectivity index (χ2n) is 7.16. The van der Waals surface area contributed by atoms with Crippen molar-refractivity contribution in [1.29, 1.82) is 0 Å². The third-order valence-electron chi connectivity index (χ3n) is 5.07. The van der Waals surface area contributed by atoms with Crippen LogP contribution in [0.2, 0.25) is 0 Å². The maximum absolute atomic E-state index is 12.2. The van der Waals surface area contributed by atoms with Gasteiger partial charge in [-0.2, -0.15) is 0 Å². The first-order valence-electron chi connectivity index (χ1n) is 9.46. The molecule has 5 heteroatoms. The van der Waals surface area contributed by atoms with Crippen LogP contribution in [-0.4, -0.2) is 35.1 Å². The summed E-state index contributed by atoms with van der Waals surface area (Å²) in [4.78, 5) is 14.6. The lowest BCUT2D eigenvalue weighted by atomic mass is 10.2. The van der Waals surface area contributed by atoms with Gasteiger partial charge in [0.25, 0.3) is 5.91 Å². The SMILES string of the molecule is Cn1ccc2cc(NC(=O)COc3ccc(CN4CCCC4)cc3)ccc21. The summed E-state index contributed by atoms with van der Waals surface area (Å²) in [6.45, 7) is 3.36. The number of carbonyl (C=O) groups excluding carboxylic acids is 1. The van der Waals surface area contributed by atoms with Crippen molar-refractivity contribution in [1.82, 2.24) is 9.47 Å². The lowest BCUT2D eigenvalue weighted by Gasteiger charge is -2.14. The summed E-state index contributed by atoms with van der Waals surface area (Å²) in [7, 11) is 2.00. The first kappa shape index (κ1) is 17.6. The molecule has 1 amide bonds. The topological polar surface area (TPSA) is 46.5 Å². The molecule has 4 rings (SSSR count). The number of aromatic nitrogens is 1. The van der Waals surface area contributed by atoms with Crippen molar-refractivity contribution in [2.45, 2.75) is 19.4 Å². The molecule has 5 nitrogen and oxygen atoms in total. The van der Waals surface area contributed by atoms with Crippen molar-refractivity contribution in [2.24, 2.45) is 7.05 Å². The lowest BCUT2D eigenvalue weighted by molar-refractivity contribution is -0.118. The lowest BCUT2D eigenvalue weighted by Crippen LogP contribution is -2.20. The number of benzene rings is 2. The van der Waals surface area contributed by atoms with E-state index in [1.807, 2.05) is 49.6 Å². The van der Waals surface area contributed by atoms with Gasteiger partial charge in [0.2, 0.25) is 0 Å². The molecule has 2 aromatic carbocycles.